The van der Waals surface area contributed by atoms with Gasteiger partial charge < -0.3 is 10.1 Å². The Kier molecular flexibility index (Phi) is 5.35. The van der Waals surface area contributed by atoms with Crippen molar-refractivity contribution < 1.29 is 23.9 Å². The van der Waals surface area contributed by atoms with E-state index in [-0.39, 0.29) is 24.9 Å². The Hall–Kier alpha value is -2.70. The summed E-state index contributed by atoms with van der Waals surface area (Å²) in [6.45, 7) is 1.45. The second kappa shape index (κ2) is 7.68. The molecule has 1 unspecified atom stereocenters. The van der Waals surface area contributed by atoms with E-state index in [2.05, 4.69) is 5.32 Å². The first-order valence-corrected chi connectivity index (χ1v) is 8.92. The fraction of sp³-hybridized carbons (Fsp3) is 0.474. The van der Waals surface area contributed by atoms with Crippen molar-refractivity contribution in [2.75, 3.05) is 6.54 Å². The number of benzene rings is 1. The van der Waals surface area contributed by atoms with Crippen LogP contribution in [0.25, 0.3) is 0 Å². The number of esters is 1. The van der Waals surface area contributed by atoms with Gasteiger partial charge in [-0.2, -0.15) is 0 Å². The molecule has 0 aromatic heterocycles. The fourth-order valence-electron chi connectivity index (χ4n) is 3.34. The van der Waals surface area contributed by atoms with Crippen molar-refractivity contribution in [1.29, 1.82) is 0 Å². The average molecular weight is 358 g/mol. The zero-order chi connectivity index (χ0) is 18.7. The van der Waals surface area contributed by atoms with E-state index in [1.54, 1.807) is 24.3 Å². The van der Waals surface area contributed by atoms with Crippen LogP contribution in [-0.4, -0.2) is 47.3 Å². The lowest BCUT2D eigenvalue weighted by atomic mass is 10.1. The Morgan fingerprint density at radius 1 is 1.15 bits per heavy atom. The van der Waals surface area contributed by atoms with E-state index in [1.165, 1.54) is 6.92 Å². The van der Waals surface area contributed by atoms with Crippen LogP contribution in [0.4, 0.5) is 0 Å². The molecular weight excluding hydrogens is 336 g/mol. The van der Waals surface area contributed by atoms with E-state index < -0.39 is 23.9 Å². The number of carbonyl (C=O) groups is 4. The first-order valence-electron chi connectivity index (χ1n) is 8.92. The molecule has 0 bridgehead atoms. The summed E-state index contributed by atoms with van der Waals surface area (Å²) in [6, 6.07) is 6.70. The SMILES string of the molecule is CC(OC(=O)CCN1C(=O)c2ccccc2C1=O)C(=O)NC1CCCC1. The predicted octanol–water partition coefficient (Wildman–Crippen LogP) is 1.66. The number of hydrogen-bond donors (Lipinski definition) is 1. The summed E-state index contributed by atoms with van der Waals surface area (Å²) in [7, 11) is 0. The standard InChI is InChI=1S/C19H22N2O5/c1-12(17(23)20-13-6-2-3-7-13)26-16(22)10-11-21-18(24)14-8-4-5-9-15(14)19(21)25/h4-5,8-9,12-13H,2-3,6-7,10-11H2,1H3,(H,20,23). The van der Waals surface area contributed by atoms with Gasteiger partial charge in [0.15, 0.2) is 6.10 Å². The molecule has 1 aromatic rings. The smallest absolute Gasteiger partial charge is 0.308 e. The lowest BCUT2D eigenvalue weighted by Crippen LogP contribution is -2.41. The highest BCUT2D eigenvalue weighted by Crippen LogP contribution is 2.22. The van der Waals surface area contributed by atoms with Crippen molar-refractivity contribution in [3.05, 3.63) is 35.4 Å². The Labute approximate surface area is 151 Å². The van der Waals surface area contributed by atoms with Crippen LogP contribution in [0.5, 0.6) is 0 Å². The van der Waals surface area contributed by atoms with Crippen LogP contribution in [0.2, 0.25) is 0 Å². The van der Waals surface area contributed by atoms with Crippen LogP contribution in [0.1, 0.15) is 59.7 Å². The Balaban J connectivity index is 1.47. The molecule has 1 aliphatic heterocycles. The van der Waals surface area contributed by atoms with Crippen LogP contribution in [0, 0.1) is 0 Å². The fourth-order valence-corrected chi connectivity index (χ4v) is 3.34. The Bertz CT molecular complexity index is 704. The van der Waals surface area contributed by atoms with Gasteiger partial charge in [0.1, 0.15) is 0 Å². The van der Waals surface area contributed by atoms with Gasteiger partial charge in [-0.25, -0.2) is 0 Å². The van der Waals surface area contributed by atoms with Gasteiger partial charge in [-0.15, -0.1) is 0 Å². The van der Waals surface area contributed by atoms with Crippen molar-refractivity contribution in [3.63, 3.8) is 0 Å². The second-order valence-corrected chi connectivity index (χ2v) is 6.68. The van der Waals surface area contributed by atoms with E-state index in [0.29, 0.717) is 11.1 Å². The molecule has 1 fully saturated rings. The third-order valence-electron chi connectivity index (χ3n) is 4.80. The summed E-state index contributed by atoms with van der Waals surface area (Å²) in [5.74, 6) is -1.75. The maximum atomic E-state index is 12.2. The van der Waals surface area contributed by atoms with Crippen LogP contribution in [0.15, 0.2) is 24.3 Å². The lowest BCUT2D eigenvalue weighted by molar-refractivity contribution is -0.155. The monoisotopic (exact) mass is 358 g/mol. The highest BCUT2D eigenvalue weighted by Gasteiger charge is 2.35. The number of carbonyl (C=O) groups excluding carboxylic acids is 4. The molecule has 7 nitrogen and oxygen atoms in total. The molecule has 1 aliphatic carbocycles. The molecule has 7 heteroatoms. The molecule has 3 amide bonds. The number of nitrogens with zero attached hydrogens (tertiary/aromatic N) is 1. The molecular formula is C19H22N2O5. The average Bonchev–Trinajstić information content (AvgIpc) is 3.21. The van der Waals surface area contributed by atoms with Gasteiger partial charge in [0.05, 0.1) is 17.5 Å². The molecule has 1 heterocycles. The number of imide groups is 1. The van der Waals surface area contributed by atoms with Crippen LogP contribution >= 0.6 is 0 Å². The molecule has 138 valence electrons. The Morgan fingerprint density at radius 3 is 2.31 bits per heavy atom. The summed E-state index contributed by atoms with van der Waals surface area (Å²) >= 11 is 0. The molecule has 0 saturated heterocycles. The molecule has 1 aromatic carbocycles. The van der Waals surface area contributed by atoms with Gasteiger partial charge in [-0.05, 0) is 31.9 Å². The largest absolute Gasteiger partial charge is 0.452 e. The number of nitrogens with one attached hydrogen (secondary N) is 1. The van der Waals surface area contributed by atoms with Gasteiger partial charge in [0, 0.05) is 12.6 Å². The molecule has 26 heavy (non-hydrogen) atoms. The minimum absolute atomic E-state index is 0.0673. The van der Waals surface area contributed by atoms with Gasteiger partial charge >= 0.3 is 5.97 Å². The second-order valence-electron chi connectivity index (χ2n) is 6.68. The summed E-state index contributed by atoms with van der Waals surface area (Å²) in [5, 5.41) is 2.87. The van der Waals surface area contributed by atoms with E-state index >= 15 is 0 Å². The molecule has 1 atom stereocenters. The first kappa shape index (κ1) is 18.1. The number of hydrogen-bond acceptors (Lipinski definition) is 5. The highest BCUT2D eigenvalue weighted by molar-refractivity contribution is 6.21. The molecule has 2 aliphatic rings. The minimum atomic E-state index is -0.898. The van der Waals surface area contributed by atoms with E-state index in [9.17, 15) is 19.2 Å². The zero-order valence-corrected chi connectivity index (χ0v) is 14.7. The summed E-state index contributed by atoms with van der Waals surface area (Å²) < 4.78 is 5.13. The maximum Gasteiger partial charge on any atom is 0.308 e. The van der Waals surface area contributed by atoms with Crippen molar-refractivity contribution in [2.45, 2.75) is 51.2 Å². The zero-order valence-electron chi connectivity index (χ0n) is 14.7. The van der Waals surface area contributed by atoms with E-state index in [0.717, 1.165) is 30.6 Å². The minimum Gasteiger partial charge on any atom is -0.452 e. The summed E-state index contributed by atoms with van der Waals surface area (Å²) in [6.07, 6.45) is 3.05. The quantitative estimate of drug-likeness (QED) is 0.617. The number of amides is 3. The van der Waals surface area contributed by atoms with Crippen LogP contribution in [0.3, 0.4) is 0 Å². The van der Waals surface area contributed by atoms with Crippen molar-refractivity contribution in [2.24, 2.45) is 0 Å². The van der Waals surface area contributed by atoms with Crippen molar-refractivity contribution in [3.8, 4) is 0 Å². The molecule has 1 N–H and O–H groups in total. The third kappa shape index (κ3) is 3.76. The number of ether oxygens (including phenoxy) is 1. The van der Waals surface area contributed by atoms with E-state index in [4.69, 9.17) is 4.74 Å². The number of fused-ring (bicyclic) bond motifs is 1. The summed E-state index contributed by atoms with van der Waals surface area (Å²) in [5.41, 5.74) is 0.686. The first-order chi connectivity index (χ1) is 12.5. The molecule has 1 saturated carbocycles. The van der Waals surface area contributed by atoms with Crippen LogP contribution in [-0.2, 0) is 14.3 Å². The maximum absolute atomic E-state index is 12.2. The Morgan fingerprint density at radius 2 is 1.73 bits per heavy atom. The normalized spacial score (nSPS) is 18.0. The van der Waals surface area contributed by atoms with Gasteiger partial charge in [-0.3, -0.25) is 24.1 Å². The van der Waals surface area contributed by atoms with Gasteiger partial charge in [0.25, 0.3) is 17.7 Å². The van der Waals surface area contributed by atoms with Gasteiger partial charge in [-0.1, -0.05) is 25.0 Å². The lowest BCUT2D eigenvalue weighted by Gasteiger charge is -2.18. The number of rotatable bonds is 6. The third-order valence-corrected chi connectivity index (χ3v) is 4.80. The van der Waals surface area contributed by atoms with E-state index in [1.807, 2.05) is 0 Å². The van der Waals surface area contributed by atoms with Crippen molar-refractivity contribution >= 4 is 23.7 Å². The summed E-state index contributed by atoms with van der Waals surface area (Å²) in [4.78, 5) is 49.5. The van der Waals surface area contributed by atoms with Crippen molar-refractivity contribution in [1.82, 2.24) is 10.2 Å². The molecule has 3 rings (SSSR count). The van der Waals surface area contributed by atoms with Crippen LogP contribution < -0.4 is 5.32 Å². The topological polar surface area (TPSA) is 92.8 Å². The highest BCUT2D eigenvalue weighted by atomic mass is 16.5. The van der Waals surface area contributed by atoms with Gasteiger partial charge in [0.2, 0.25) is 0 Å². The molecule has 0 spiro atoms. The predicted molar refractivity (Wildman–Crippen MR) is 92.4 cm³/mol. The molecule has 0 radical (unpaired) electrons.